The van der Waals surface area contributed by atoms with Crippen LogP contribution in [0.3, 0.4) is 0 Å². The molecule has 0 aromatic heterocycles. The predicted molar refractivity (Wildman–Crippen MR) is 51.9 cm³/mol. The molecule has 0 aromatic rings. The van der Waals surface area contributed by atoms with E-state index in [1.54, 1.807) is 0 Å². The largest absolute Gasteiger partial charge is 0.481 e. The van der Waals surface area contributed by atoms with Crippen molar-refractivity contribution in [3.8, 4) is 0 Å². The molecular weight excluding hydrogens is 182 g/mol. The highest BCUT2D eigenvalue weighted by Crippen LogP contribution is 2.11. The zero-order valence-electron chi connectivity index (χ0n) is 8.37. The van der Waals surface area contributed by atoms with Gasteiger partial charge >= 0.3 is 5.97 Å². The van der Waals surface area contributed by atoms with Crippen LogP contribution < -0.4 is 0 Å². The summed E-state index contributed by atoms with van der Waals surface area (Å²) in [4.78, 5) is 23.4. The van der Waals surface area contributed by atoms with Crippen LogP contribution in [0.1, 0.15) is 38.5 Å². The first-order chi connectivity index (χ1) is 6.70. The summed E-state index contributed by atoms with van der Waals surface area (Å²) in [5, 5.41) is 8.42. The van der Waals surface area contributed by atoms with Crippen molar-refractivity contribution in [1.29, 1.82) is 0 Å². The number of unbranched alkanes of at least 4 members (excludes halogenated alkanes) is 1. The van der Waals surface area contributed by atoms with Gasteiger partial charge in [0, 0.05) is 25.9 Å². The van der Waals surface area contributed by atoms with E-state index in [1.165, 1.54) is 0 Å². The second-order valence-electron chi connectivity index (χ2n) is 3.69. The molecule has 0 aromatic carbocycles. The second-order valence-corrected chi connectivity index (χ2v) is 3.69. The van der Waals surface area contributed by atoms with Gasteiger partial charge in [-0.1, -0.05) is 0 Å². The number of rotatable bonds is 5. The van der Waals surface area contributed by atoms with E-state index in [-0.39, 0.29) is 12.3 Å². The maximum Gasteiger partial charge on any atom is 0.303 e. The number of hydrogen-bond acceptors (Lipinski definition) is 2. The third kappa shape index (κ3) is 3.77. The monoisotopic (exact) mass is 199 g/mol. The Labute approximate surface area is 83.9 Å². The van der Waals surface area contributed by atoms with Gasteiger partial charge in [0.15, 0.2) is 0 Å². The highest BCUT2D eigenvalue weighted by Gasteiger charge is 2.16. The van der Waals surface area contributed by atoms with Gasteiger partial charge in [-0.2, -0.15) is 0 Å². The van der Waals surface area contributed by atoms with E-state index in [0.29, 0.717) is 12.8 Å². The van der Waals surface area contributed by atoms with Crippen LogP contribution in [0.5, 0.6) is 0 Å². The summed E-state index contributed by atoms with van der Waals surface area (Å²) in [5.74, 6) is -0.526. The van der Waals surface area contributed by atoms with Gasteiger partial charge < -0.3 is 10.0 Å². The van der Waals surface area contributed by atoms with E-state index in [0.717, 1.165) is 32.4 Å². The molecule has 4 heteroatoms. The Hall–Kier alpha value is -1.06. The molecule has 0 aliphatic carbocycles. The van der Waals surface area contributed by atoms with Gasteiger partial charge in [0.2, 0.25) is 5.91 Å². The van der Waals surface area contributed by atoms with Gasteiger partial charge in [0.05, 0.1) is 0 Å². The average molecular weight is 199 g/mol. The van der Waals surface area contributed by atoms with Crippen molar-refractivity contribution in [3.05, 3.63) is 0 Å². The average Bonchev–Trinajstić information content (AvgIpc) is 2.15. The van der Waals surface area contributed by atoms with E-state index in [1.807, 2.05) is 4.90 Å². The molecule has 14 heavy (non-hydrogen) atoms. The second kappa shape index (κ2) is 5.62. The summed E-state index contributed by atoms with van der Waals surface area (Å²) < 4.78 is 0. The summed E-state index contributed by atoms with van der Waals surface area (Å²) in [5.41, 5.74) is 0. The number of carbonyl (C=O) groups is 2. The lowest BCUT2D eigenvalue weighted by Gasteiger charge is -2.26. The smallest absolute Gasteiger partial charge is 0.303 e. The molecule has 1 aliphatic rings. The highest BCUT2D eigenvalue weighted by atomic mass is 16.4. The van der Waals surface area contributed by atoms with Crippen molar-refractivity contribution >= 4 is 11.9 Å². The van der Waals surface area contributed by atoms with Gasteiger partial charge in [-0.15, -0.1) is 0 Å². The van der Waals surface area contributed by atoms with E-state index in [9.17, 15) is 9.59 Å². The fourth-order valence-electron chi connectivity index (χ4n) is 1.68. The lowest BCUT2D eigenvalue weighted by molar-refractivity contribution is -0.137. The first kappa shape index (κ1) is 11.0. The van der Waals surface area contributed by atoms with Crippen molar-refractivity contribution in [2.24, 2.45) is 0 Å². The lowest BCUT2D eigenvalue weighted by atomic mass is 10.1. The summed E-state index contributed by atoms with van der Waals surface area (Å²) in [6.45, 7) is 1.58. The number of carboxylic acids is 1. The van der Waals surface area contributed by atoms with Crippen LogP contribution in [0.25, 0.3) is 0 Å². The van der Waals surface area contributed by atoms with E-state index < -0.39 is 5.97 Å². The number of amides is 1. The molecule has 1 heterocycles. The van der Waals surface area contributed by atoms with Crippen LogP contribution in [0.2, 0.25) is 0 Å². The SMILES string of the molecule is O=C(O)CCCCN1CCCCC1=O. The maximum absolute atomic E-state index is 11.3. The Morgan fingerprint density at radius 3 is 2.79 bits per heavy atom. The quantitative estimate of drug-likeness (QED) is 0.678. The Bertz CT molecular complexity index is 215. The normalized spacial score (nSPS) is 17.1. The third-order valence-corrected chi connectivity index (χ3v) is 2.49. The maximum atomic E-state index is 11.3. The molecule has 1 aliphatic heterocycles. The van der Waals surface area contributed by atoms with E-state index in [2.05, 4.69) is 0 Å². The minimum atomic E-state index is -0.755. The third-order valence-electron chi connectivity index (χ3n) is 2.49. The first-order valence-corrected chi connectivity index (χ1v) is 5.20. The summed E-state index contributed by atoms with van der Waals surface area (Å²) in [6.07, 6.45) is 4.44. The standard InChI is InChI=1S/C10H17NO3/c12-9-5-1-3-7-11(9)8-4-2-6-10(13)14/h1-8H2,(H,13,14). The summed E-state index contributed by atoms with van der Waals surface area (Å²) in [7, 11) is 0. The zero-order valence-corrected chi connectivity index (χ0v) is 8.37. The number of carboxylic acid groups (broad SMARTS) is 1. The van der Waals surface area contributed by atoms with Gasteiger partial charge in [-0.25, -0.2) is 0 Å². The number of hydrogen-bond donors (Lipinski definition) is 1. The Morgan fingerprint density at radius 1 is 1.36 bits per heavy atom. The molecule has 1 fully saturated rings. The molecule has 0 bridgehead atoms. The first-order valence-electron chi connectivity index (χ1n) is 5.20. The molecule has 0 unspecified atom stereocenters. The van der Waals surface area contributed by atoms with Crippen molar-refractivity contribution in [3.63, 3.8) is 0 Å². The summed E-state index contributed by atoms with van der Waals surface area (Å²) in [6, 6.07) is 0. The van der Waals surface area contributed by atoms with Crippen LogP contribution in [0.15, 0.2) is 0 Å². The van der Waals surface area contributed by atoms with Crippen LogP contribution in [0.4, 0.5) is 0 Å². The topological polar surface area (TPSA) is 57.6 Å². The number of carbonyl (C=O) groups excluding carboxylic acids is 1. The molecule has 1 N–H and O–H groups in total. The van der Waals surface area contributed by atoms with Crippen LogP contribution in [0, 0.1) is 0 Å². The molecule has 80 valence electrons. The number of likely N-dealkylation sites (tertiary alicyclic amines) is 1. The van der Waals surface area contributed by atoms with Crippen LogP contribution in [-0.2, 0) is 9.59 Å². The van der Waals surface area contributed by atoms with Crippen LogP contribution in [-0.4, -0.2) is 35.0 Å². The zero-order chi connectivity index (χ0) is 10.4. The van der Waals surface area contributed by atoms with E-state index >= 15 is 0 Å². The molecule has 1 amide bonds. The number of nitrogens with zero attached hydrogens (tertiary/aromatic N) is 1. The van der Waals surface area contributed by atoms with Crippen LogP contribution >= 0.6 is 0 Å². The Morgan fingerprint density at radius 2 is 2.14 bits per heavy atom. The molecule has 0 radical (unpaired) electrons. The van der Waals surface area contributed by atoms with Gasteiger partial charge in [0.25, 0.3) is 0 Å². The molecule has 0 spiro atoms. The molecule has 4 nitrogen and oxygen atoms in total. The van der Waals surface area contributed by atoms with Crippen molar-refractivity contribution in [1.82, 2.24) is 4.90 Å². The van der Waals surface area contributed by atoms with E-state index in [4.69, 9.17) is 5.11 Å². The molecule has 1 saturated heterocycles. The molecule has 0 saturated carbocycles. The fraction of sp³-hybridized carbons (Fsp3) is 0.800. The van der Waals surface area contributed by atoms with Gasteiger partial charge in [-0.05, 0) is 25.7 Å². The minimum absolute atomic E-state index is 0.210. The predicted octanol–water partition coefficient (Wildman–Crippen LogP) is 1.25. The fourth-order valence-corrected chi connectivity index (χ4v) is 1.68. The number of piperidine rings is 1. The van der Waals surface area contributed by atoms with Gasteiger partial charge in [-0.3, -0.25) is 9.59 Å². The minimum Gasteiger partial charge on any atom is -0.481 e. The van der Waals surface area contributed by atoms with Gasteiger partial charge in [0.1, 0.15) is 0 Å². The molecule has 1 rings (SSSR count). The highest BCUT2D eigenvalue weighted by molar-refractivity contribution is 5.76. The van der Waals surface area contributed by atoms with Crippen molar-refractivity contribution in [2.75, 3.05) is 13.1 Å². The summed E-state index contributed by atoms with van der Waals surface area (Å²) >= 11 is 0. The number of aliphatic carboxylic acids is 1. The lowest BCUT2D eigenvalue weighted by Crippen LogP contribution is -2.35. The molecular formula is C10H17NO3. The Balaban J connectivity index is 2.10. The molecule has 0 atom stereocenters. The van der Waals surface area contributed by atoms with Crippen molar-refractivity contribution in [2.45, 2.75) is 38.5 Å². The van der Waals surface area contributed by atoms with Crippen molar-refractivity contribution < 1.29 is 14.7 Å². The Kier molecular flexibility index (Phi) is 4.43.